The van der Waals surface area contributed by atoms with Crippen molar-refractivity contribution in [2.45, 2.75) is 71.0 Å². The Hall–Kier alpha value is -0.850. The molecule has 3 fully saturated rings. The molecule has 4 rings (SSSR count). The number of fused-ring (bicyclic) bond motifs is 5. The van der Waals surface area contributed by atoms with Crippen LogP contribution in [0.4, 0.5) is 0 Å². The molecule has 0 aromatic carbocycles. The highest BCUT2D eigenvalue weighted by atomic mass is 16.5. The zero-order valence-electron chi connectivity index (χ0n) is 15.3. The van der Waals surface area contributed by atoms with Crippen LogP contribution in [0.5, 0.6) is 0 Å². The van der Waals surface area contributed by atoms with E-state index in [1.807, 2.05) is 0 Å². The Morgan fingerprint density at radius 1 is 1.25 bits per heavy atom. The Bertz CT molecular complexity index is 593. The summed E-state index contributed by atoms with van der Waals surface area (Å²) in [4.78, 5) is 0. The molecule has 0 radical (unpaired) electrons. The van der Waals surface area contributed by atoms with Crippen LogP contribution in [0.2, 0.25) is 0 Å². The third-order valence-electron chi connectivity index (χ3n) is 8.46. The summed E-state index contributed by atoms with van der Waals surface area (Å²) in [6.45, 7) is 4.83. The summed E-state index contributed by atoms with van der Waals surface area (Å²) < 4.78 is 5.84. The standard InChI is InChI=1S/C21H31NO2/c1-20-8-6-15(23)11-14(20)4-5-16-17(20)7-9-21(2)18(16)10-13(12-22)19(21)24-3/h4,13,15-19,23H,5-11H2,1-3H3/t13-,15-,16+,17-,18-,19-,20-,21-/m0/s1. The number of aliphatic hydroxyl groups is 1. The fourth-order valence-corrected chi connectivity index (χ4v) is 7.20. The van der Waals surface area contributed by atoms with Crippen LogP contribution in [0.1, 0.15) is 58.8 Å². The topological polar surface area (TPSA) is 53.2 Å². The second kappa shape index (κ2) is 5.58. The SMILES string of the molecule is CO[C@H]1[C@H](C#N)C[C@H]2[C@@H]3CC=C4C[C@@H](O)CC[C@]4(C)[C@H]3CC[C@@]21C. The van der Waals surface area contributed by atoms with E-state index < -0.39 is 0 Å². The first-order valence-corrected chi connectivity index (χ1v) is 9.74. The van der Waals surface area contributed by atoms with E-state index in [4.69, 9.17) is 4.74 Å². The van der Waals surface area contributed by atoms with Gasteiger partial charge >= 0.3 is 0 Å². The summed E-state index contributed by atoms with van der Waals surface area (Å²) in [5.41, 5.74) is 1.95. The molecule has 1 N–H and O–H groups in total. The number of nitriles is 1. The molecule has 0 aromatic heterocycles. The van der Waals surface area contributed by atoms with Gasteiger partial charge in [-0.3, -0.25) is 0 Å². The molecular formula is C21H31NO2. The average Bonchev–Trinajstić information content (AvgIpc) is 2.87. The zero-order chi connectivity index (χ0) is 17.1. The van der Waals surface area contributed by atoms with Gasteiger partial charge in [0.15, 0.2) is 0 Å². The molecule has 4 aliphatic carbocycles. The molecule has 24 heavy (non-hydrogen) atoms. The van der Waals surface area contributed by atoms with Crippen molar-refractivity contribution < 1.29 is 9.84 Å². The minimum Gasteiger partial charge on any atom is -0.393 e. The Labute approximate surface area is 146 Å². The van der Waals surface area contributed by atoms with Crippen molar-refractivity contribution in [2.75, 3.05) is 7.11 Å². The number of hydrogen-bond donors (Lipinski definition) is 1. The normalized spacial score (nSPS) is 53.4. The molecule has 0 spiro atoms. The van der Waals surface area contributed by atoms with Gasteiger partial charge in [-0.1, -0.05) is 25.5 Å². The third-order valence-corrected chi connectivity index (χ3v) is 8.46. The molecule has 3 heteroatoms. The Morgan fingerprint density at radius 2 is 2.04 bits per heavy atom. The Kier molecular flexibility index (Phi) is 3.86. The van der Waals surface area contributed by atoms with Gasteiger partial charge in [0.05, 0.1) is 24.2 Å². The second-order valence-electron chi connectivity index (χ2n) is 9.33. The van der Waals surface area contributed by atoms with E-state index in [1.54, 1.807) is 7.11 Å². The Balaban J connectivity index is 1.68. The number of aliphatic hydroxyl groups excluding tert-OH is 1. The lowest BCUT2D eigenvalue weighted by Crippen LogP contribution is -2.51. The second-order valence-corrected chi connectivity index (χ2v) is 9.33. The predicted octanol–water partition coefficient (Wildman–Crippen LogP) is 4.07. The lowest BCUT2D eigenvalue weighted by Gasteiger charge is -2.57. The lowest BCUT2D eigenvalue weighted by molar-refractivity contribution is -0.0851. The van der Waals surface area contributed by atoms with Crippen molar-refractivity contribution >= 4 is 0 Å². The molecule has 132 valence electrons. The highest BCUT2D eigenvalue weighted by Crippen LogP contribution is 2.66. The smallest absolute Gasteiger partial charge is 0.0785 e. The van der Waals surface area contributed by atoms with Crippen LogP contribution in [0.25, 0.3) is 0 Å². The molecule has 0 aliphatic heterocycles. The van der Waals surface area contributed by atoms with Gasteiger partial charge in [-0.05, 0) is 73.5 Å². The van der Waals surface area contributed by atoms with Crippen molar-refractivity contribution in [3.8, 4) is 6.07 Å². The maximum absolute atomic E-state index is 10.1. The van der Waals surface area contributed by atoms with Gasteiger partial charge in [0.25, 0.3) is 0 Å². The lowest BCUT2D eigenvalue weighted by atomic mass is 9.48. The number of rotatable bonds is 1. The number of methoxy groups -OCH3 is 1. The van der Waals surface area contributed by atoms with Crippen LogP contribution >= 0.6 is 0 Å². The Morgan fingerprint density at radius 3 is 2.75 bits per heavy atom. The van der Waals surface area contributed by atoms with Crippen molar-refractivity contribution in [3.63, 3.8) is 0 Å². The molecule has 8 atom stereocenters. The monoisotopic (exact) mass is 329 g/mol. The molecule has 3 saturated carbocycles. The zero-order valence-corrected chi connectivity index (χ0v) is 15.3. The summed E-state index contributed by atoms with van der Waals surface area (Å²) in [5.74, 6) is 2.06. The fraction of sp³-hybridized carbons (Fsp3) is 0.857. The van der Waals surface area contributed by atoms with E-state index in [1.165, 1.54) is 18.4 Å². The van der Waals surface area contributed by atoms with Gasteiger partial charge in [0.1, 0.15) is 0 Å². The molecule has 0 saturated heterocycles. The maximum Gasteiger partial charge on any atom is 0.0785 e. The summed E-state index contributed by atoms with van der Waals surface area (Å²) >= 11 is 0. The van der Waals surface area contributed by atoms with Gasteiger partial charge in [-0.15, -0.1) is 0 Å². The van der Waals surface area contributed by atoms with Crippen LogP contribution in [0, 0.1) is 45.8 Å². The fourth-order valence-electron chi connectivity index (χ4n) is 7.20. The number of hydrogen-bond acceptors (Lipinski definition) is 3. The molecular weight excluding hydrogens is 298 g/mol. The number of ether oxygens (including phenoxy) is 1. The molecule has 0 heterocycles. The first kappa shape index (κ1) is 16.6. The van der Waals surface area contributed by atoms with E-state index in [9.17, 15) is 10.4 Å². The average molecular weight is 329 g/mol. The quantitative estimate of drug-likeness (QED) is 0.738. The summed E-state index contributed by atoms with van der Waals surface area (Å²) in [6.07, 6.45) is 9.94. The molecule has 0 unspecified atom stereocenters. The number of nitrogens with zero attached hydrogens (tertiary/aromatic N) is 1. The van der Waals surface area contributed by atoms with E-state index >= 15 is 0 Å². The highest BCUT2D eigenvalue weighted by Gasteiger charge is 2.61. The van der Waals surface area contributed by atoms with E-state index in [0.717, 1.165) is 38.0 Å². The van der Waals surface area contributed by atoms with Gasteiger partial charge in [0.2, 0.25) is 0 Å². The van der Waals surface area contributed by atoms with Crippen LogP contribution < -0.4 is 0 Å². The molecule has 0 amide bonds. The van der Waals surface area contributed by atoms with Gasteiger partial charge in [0, 0.05) is 7.11 Å². The highest BCUT2D eigenvalue weighted by molar-refractivity contribution is 5.26. The van der Waals surface area contributed by atoms with E-state index in [2.05, 4.69) is 26.0 Å². The molecule has 4 aliphatic rings. The molecule has 0 bridgehead atoms. The largest absolute Gasteiger partial charge is 0.393 e. The van der Waals surface area contributed by atoms with Crippen molar-refractivity contribution in [2.24, 2.45) is 34.5 Å². The van der Waals surface area contributed by atoms with Crippen LogP contribution in [0.3, 0.4) is 0 Å². The van der Waals surface area contributed by atoms with Crippen molar-refractivity contribution in [3.05, 3.63) is 11.6 Å². The summed E-state index contributed by atoms with van der Waals surface area (Å²) in [6, 6.07) is 2.54. The van der Waals surface area contributed by atoms with Crippen LogP contribution in [0.15, 0.2) is 11.6 Å². The third kappa shape index (κ3) is 2.09. The van der Waals surface area contributed by atoms with E-state index in [0.29, 0.717) is 11.8 Å². The van der Waals surface area contributed by atoms with Crippen molar-refractivity contribution in [1.29, 1.82) is 5.26 Å². The number of allylic oxidation sites excluding steroid dienone is 1. The van der Waals surface area contributed by atoms with Gasteiger partial charge in [-0.2, -0.15) is 5.26 Å². The first-order valence-electron chi connectivity index (χ1n) is 9.74. The predicted molar refractivity (Wildman–Crippen MR) is 93.0 cm³/mol. The molecule has 0 aromatic rings. The van der Waals surface area contributed by atoms with Crippen LogP contribution in [-0.2, 0) is 4.74 Å². The first-order chi connectivity index (χ1) is 11.4. The summed E-state index contributed by atoms with van der Waals surface area (Å²) in [5, 5.41) is 19.7. The minimum absolute atomic E-state index is 0.0510. The van der Waals surface area contributed by atoms with Gasteiger partial charge in [-0.25, -0.2) is 0 Å². The minimum atomic E-state index is -0.137. The van der Waals surface area contributed by atoms with E-state index in [-0.39, 0.29) is 29.0 Å². The molecule has 3 nitrogen and oxygen atoms in total. The maximum atomic E-state index is 10.1. The van der Waals surface area contributed by atoms with Crippen molar-refractivity contribution in [1.82, 2.24) is 0 Å². The van der Waals surface area contributed by atoms with Crippen LogP contribution in [-0.4, -0.2) is 24.4 Å². The summed E-state index contributed by atoms with van der Waals surface area (Å²) in [7, 11) is 1.79. The van der Waals surface area contributed by atoms with Gasteiger partial charge < -0.3 is 9.84 Å².